The lowest BCUT2D eigenvalue weighted by atomic mass is 10.2. The summed E-state index contributed by atoms with van der Waals surface area (Å²) in [6.45, 7) is 2.63. The lowest BCUT2D eigenvalue weighted by Crippen LogP contribution is -2.02. The molecule has 0 spiro atoms. The first-order valence-electron chi connectivity index (χ1n) is 5.17. The Morgan fingerprint density at radius 2 is 2.25 bits per heavy atom. The van der Waals surface area contributed by atoms with E-state index in [4.69, 9.17) is 21.4 Å². The van der Waals surface area contributed by atoms with Crippen molar-refractivity contribution in [2.24, 2.45) is 0 Å². The summed E-state index contributed by atoms with van der Waals surface area (Å²) in [7, 11) is 0. The summed E-state index contributed by atoms with van der Waals surface area (Å²) < 4.78 is 5.32. The van der Waals surface area contributed by atoms with Crippen molar-refractivity contribution in [3.05, 3.63) is 22.8 Å². The van der Waals surface area contributed by atoms with Gasteiger partial charge in [-0.15, -0.1) is 0 Å². The van der Waals surface area contributed by atoms with Crippen LogP contribution in [-0.4, -0.2) is 22.7 Å². The minimum absolute atomic E-state index is 0.0884. The largest absolute Gasteiger partial charge is 0.478 e. The molecule has 0 aliphatic heterocycles. The van der Waals surface area contributed by atoms with Gasteiger partial charge < -0.3 is 9.84 Å². The molecule has 1 N–H and O–H groups in total. The van der Waals surface area contributed by atoms with Crippen LogP contribution >= 0.6 is 11.6 Å². The zero-order valence-corrected chi connectivity index (χ0v) is 9.83. The second-order valence-electron chi connectivity index (χ2n) is 3.38. The van der Waals surface area contributed by atoms with E-state index in [9.17, 15) is 4.79 Å². The molecular weight excluding hydrogens is 230 g/mol. The van der Waals surface area contributed by atoms with Crippen molar-refractivity contribution in [3.8, 4) is 5.88 Å². The normalized spacial score (nSPS) is 10.1. The summed E-state index contributed by atoms with van der Waals surface area (Å²) in [5.74, 6) is -0.774. The van der Waals surface area contributed by atoms with E-state index in [2.05, 4.69) is 11.9 Å². The highest BCUT2D eigenvalue weighted by molar-refractivity contribution is 6.29. The maximum absolute atomic E-state index is 10.7. The highest BCUT2D eigenvalue weighted by Gasteiger charge is 2.07. The molecule has 0 radical (unpaired) electrons. The Morgan fingerprint density at radius 1 is 1.50 bits per heavy atom. The number of aromatic nitrogens is 1. The van der Waals surface area contributed by atoms with Crippen molar-refractivity contribution >= 4 is 17.6 Å². The molecule has 0 saturated heterocycles. The number of pyridine rings is 1. The molecule has 0 aliphatic carbocycles. The number of carbonyl (C=O) groups is 1. The fourth-order valence-corrected chi connectivity index (χ4v) is 1.40. The molecule has 0 saturated carbocycles. The molecule has 0 aromatic carbocycles. The van der Waals surface area contributed by atoms with Crippen molar-refractivity contribution in [1.82, 2.24) is 4.98 Å². The van der Waals surface area contributed by atoms with E-state index in [0.29, 0.717) is 6.61 Å². The monoisotopic (exact) mass is 243 g/mol. The standard InChI is InChI=1S/C11H14ClNO3/c1-2-3-4-5-16-10-7-8(11(14)15)6-9(12)13-10/h6-7H,2-5H2,1H3,(H,14,15). The molecule has 16 heavy (non-hydrogen) atoms. The quantitative estimate of drug-likeness (QED) is 0.616. The van der Waals surface area contributed by atoms with Crippen molar-refractivity contribution in [1.29, 1.82) is 0 Å². The molecule has 4 nitrogen and oxygen atoms in total. The van der Waals surface area contributed by atoms with E-state index >= 15 is 0 Å². The number of hydrogen-bond donors (Lipinski definition) is 1. The minimum Gasteiger partial charge on any atom is -0.478 e. The highest BCUT2D eigenvalue weighted by Crippen LogP contribution is 2.16. The van der Waals surface area contributed by atoms with Crippen molar-refractivity contribution in [2.45, 2.75) is 26.2 Å². The fraction of sp³-hybridized carbons (Fsp3) is 0.455. The lowest BCUT2D eigenvalue weighted by Gasteiger charge is -2.05. The first-order chi connectivity index (χ1) is 7.63. The van der Waals surface area contributed by atoms with Crippen LogP contribution < -0.4 is 4.74 Å². The number of ether oxygens (including phenoxy) is 1. The topological polar surface area (TPSA) is 59.4 Å². The fourth-order valence-electron chi connectivity index (χ4n) is 1.20. The van der Waals surface area contributed by atoms with E-state index in [0.717, 1.165) is 19.3 Å². The Balaban J connectivity index is 2.62. The molecule has 0 fully saturated rings. The Kier molecular flexibility index (Phi) is 5.05. The zero-order chi connectivity index (χ0) is 12.0. The van der Waals surface area contributed by atoms with Crippen LogP contribution in [0.3, 0.4) is 0 Å². The van der Waals surface area contributed by atoms with Gasteiger partial charge in [0.25, 0.3) is 0 Å². The first-order valence-corrected chi connectivity index (χ1v) is 5.55. The number of hydrogen-bond acceptors (Lipinski definition) is 3. The lowest BCUT2D eigenvalue weighted by molar-refractivity contribution is 0.0696. The maximum Gasteiger partial charge on any atom is 0.335 e. The second-order valence-corrected chi connectivity index (χ2v) is 3.76. The van der Waals surface area contributed by atoms with Gasteiger partial charge in [0.15, 0.2) is 0 Å². The summed E-state index contributed by atoms with van der Waals surface area (Å²) in [6.07, 6.45) is 3.10. The summed E-state index contributed by atoms with van der Waals surface area (Å²) in [4.78, 5) is 14.6. The zero-order valence-electron chi connectivity index (χ0n) is 9.07. The van der Waals surface area contributed by atoms with Crippen LogP contribution in [0.4, 0.5) is 0 Å². The molecule has 5 heteroatoms. The SMILES string of the molecule is CCCCCOc1cc(C(=O)O)cc(Cl)n1. The third kappa shape index (κ3) is 4.06. The number of aromatic carboxylic acids is 1. The number of halogens is 1. The van der Waals surface area contributed by atoms with Crippen LogP contribution in [0.2, 0.25) is 5.15 Å². The van der Waals surface area contributed by atoms with E-state index in [-0.39, 0.29) is 16.6 Å². The van der Waals surface area contributed by atoms with Crippen LogP contribution in [0.25, 0.3) is 0 Å². The van der Waals surface area contributed by atoms with Crippen LogP contribution in [0, 0.1) is 0 Å². The van der Waals surface area contributed by atoms with Gasteiger partial charge in [0.05, 0.1) is 12.2 Å². The number of carboxylic acids is 1. The first kappa shape index (κ1) is 12.8. The van der Waals surface area contributed by atoms with Gasteiger partial charge in [-0.25, -0.2) is 9.78 Å². The molecule has 0 atom stereocenters. The number of rotatable bonds is 6. The molecule has 0 aliphatic rings. The van der Waals surface area contributed by atoms with Gasteiger partial charge in [-0.1, -0.05) is 31.4 Å². The number of nitrogens with zero attached hydrogens (tertiary/aromatic N) is 1. The van der Waals surface area contributed by atoms with Gasteiger partial charge in [-0.3, -0.25) is 0 Å². The van der Waals surface area contributed by atoms with Gasteiger partial charge in [0, 0.05) is 6.07 Å². The molecule has 0 unspecified atom stereocenters. The molecule has 0 bridgehead atoms. The second kappa shape index (κ2) is 6.33. The van der Waals surface area contributed by atoms with Crippen molar-refractivity contribution in [3.63, 3.8) is 0 Å². The molecule has 1 aromatic heterocycles. The van der Waals surface area contributed by atoms with E-state index < -0.39 is 5.97 Å². The van der Waals surface area contributed by atoms with E-state index in [1.165, 1.54) is 12.1 Å². The maximum atomic E-state index is 10.7. The van der Waals surface area contributed by atoms with Crippen LogP contribution in [0.5, 0.6) is 5.88 Å². The summed E-state index contributed by atoms with van der Waals surface area (Å²) in [6, 6.07) is 2.67. The average molecular weight is 244 g/mol. The highest BCUT2D eigenvalue weighted by atomic mass is 35.5. The van der Waals surface area contributed by atoms with Gasteiger partial charge in [-0.2, -0.15) is 0 Å². The summed E-state index contributed by atoms with van der Waals surface area (Å²) in [5, 5.41) is 8.93. The molecular formula is C11H14ClNO3. The molecule has 0 amide bonds. The van der Waals surface area contributed by atoms with Gasteiger partial charge in [-0.05, 0) is 12.5 Å². The smallest absolute Gasteiger partial charge is 0.335 e. The Hall–Kier alpha value is -1.29. The van der Waals surface area contributed by atoms with Gasteiger partial charge in [0.1, 0.15) is 5.15 Å². The van der Waals surface area contributed by atoms with E-state index in [1.54, 1.807) is 0 Å². The van der Waals surface area contributed by atoms with Crippen LogP contribution in [-0.2, 0) is 0 Å². The minimum atomic E-state index is -1.04. The van der Waals surface area contributed by atoms with Crippen molar-refractivity contribution < 1.29 is 14.6 Å². The Labute approximate surface area is 99.2 Å². The van der Waals surface area contributed by atoms with Gasteiger partial charge in [0.2, 0.25) is 5.88 Å². The third-order valence-corrected chi connectivity index (χ3v) is 2.21. The molecule has 88 valence electrons. The Bertz CT molecular complexity index is 368. The number of carboxylic acid groups (broad SMARTS) is 1. The predicted octanol–water partition coefficient (Wildman–Crippen LogP) is 3.00. The van der Waals surface area contributed by atoms with Crippen LogP contribution in [0.15, 0.2) is 12.1 Å². The Morgan fingerprint density at radius 3 is 2.88 bits per heavy atom. The molecule has 1 aromatic rings. The third-order valence-electron chi connectivity index (χ3n) is 2.02. The van der Waals surface area contributed by atoms with Crippen molar-refractivity contribution in [2.75, 3.05) is 6.61 Å². The number of unbranched alkanes of at least 4 members (excludes halogenated alkanes) is 2. The van der Waals surface area contributed by atoms with Crippen LogP contribution in [0.1, 0.15) is 36.5 Å². The summed E-state index contributed by atoms with van der Waals surface area (Å²) >= 11 is 5.68. The van der Waals surface area contributed by atoms with Gasteiger partial charge >= 0.3 is 5.97 Å². The predicted molar refractivity (Wildman–Crippen MR) is 61.2 cm³/mol. The molecule has 1 heterocycles. The van der Waals surface area contributed by atoms with E-state index in [1.807, 2.05) is 0 Å². The average Bonchev–Trinajstić information content (AvgIpc) is 2.23. The molecule has 1 rings (SSSR count). The summed E-state index contributed by atoms with van der Waals surface area (Å²) in [5.41, 5.74) is 0.0884.